The highest BCUT2D eigenvalue weighted by Gasteiger charge is 2.84. The monoisotopic (exact) mass is 1700 g/mol. The molecule has 2 heterocycles. The van der Waals surface area contributed by atoms with Crippen LogP contribution < -0.4 is 0 Å². The standard InChI is InChI=1S/C25H40O2.2C25H42O.C22H34O.C21H32O/c1-6-7-16(3)18-10-11-19-20-9-8-17-14-15(2)12-13-23(17,4)25(20)22(27-25)21(26)24(18,19)5;1-6-7-17(3)19-10-11-20-21-9-8-18-14-16(2)12-13-24(18,5)25(21)22(26-25)15-23(19,20)4;1-6-7-17(3)20-10-11-21-19-9-8-18-14-16(2)12-13-24(18,4)22(19)15-23(26)25(20,21)5;1-5-15-7-9-18-17-8-6-16-12-14(2)10-11-21(16,3)19(17)13-20(23)22(15,18)4;1-4-14-6-8-18-17-7-5-15-13-16(22)9-11-21(15,3)19(17)10-12-20(14,18)2/h15-20,22H,6-14H2,1-5H3;16-22H,6-15H2,1-5H3;15-21,23,26H,6-14H2,1-5H3;13-18H,5-12H2,1-4H3;4,10,15-18,22H,5-9,11-13H2,1-3H3/b;;;;14-4-/t15-,16-,17-,18?,19?,20?,22-,23+,24-,25+;16-,17-,18-,19?,20?,21?,22-,23-,24+,25+;16-,17-,18-,19?,20?,21?,23+,24+,25-;14-,15?,16-,17?,18?,21+,22-;15-,16+,17?,18?,20-,21+/m11111/s1. The molecule has 2 aliphatic heterocycles. The Hall–Kier alpha value is -1.86. The number of allylic oxidation sites excluding steroid dienone is 7. The van der Waals surface area contributed by atoms with Crippen LogP contribution in [-0.2, 0) is 19.1 Å². The summed E-state index contributed by atoms with van der Waals surface area (Å²) in [5.74, 6) is 21.4. The zero-order chi connectivity index (χ0) is 88.1. The second-order valence-corrected chi connectivity index (χ2v) is 53.4. The minimum Gasteiger partial charge on any atom is -0.393 e. The Balaban J connectivity index is 0.000000106. The van der Waals surface area contributed by atoms with Gasteiger partial charge in [-0.1, -0.05) is 244 Å². The number of ketones is 2. The molecule has 14 unspecified atom stereocenters. The first kappa shape index (κ1) is 92.6. The van der Waals surface area contributed by atoms with Crippen LogP contribution in [0.1, 0.15) is 435 Å². The van der Waals surface area contributed by atoms with E-state index in [2.05, 4.69) is 177 Å². The normalized spacial score (nSPS) is 54.8. The Labute approximate surface area is 761 Å². The van der Waals surface area contributed by atoms with Crippen molar-refractivity contribution in [3.8, 4) is 0 Å². The largest absolute Gasteiger partial charge is 0.393 e. The quantitative estimate of drug-likeness (QED) is 0.167. The molecule has 0 aromatic heterocycles. The number of aliphatic hydroxyl groups is 2. The smallest absolute Gasteiger partial charge is 0.171 e. The van der Waals surface area contributed by atoms with Gasteiger partial charge in [-0.2, -0.15) is 0 Å². The van der Waals surface area contributed by atoms with Crippen molar-refractivity contribution in [2.24, 2.45) is 208 Å². The molecule has 0 radical (unpaired) electrons. The summed E-state index contributed by atoms with van der Waals surface area (Å²) in [6.45, 7) is 53.8. The van der Waals surface area contributed by atoms with Crippen LogP contribution in [0.15, 0.2) is 46.6 Å². The van der Waals surface area contributed by atoms with E-state index in [1.54, 1.807) is 22.3 Å². The van der Waals surface area contributed by atoms with Gasteiger partial charge < -0.3 is 19.7 Å². The van der Waals surface area contributed by atoms with Crippen molar-refractivity contribution in [3.63, 3.8) is 0 Å². The zero-order valence-corrected chi connectivity index (χ0v) is 84.3. The zero-order valence-electron chi connectivity index (χ0n) is 84.3. The summed E-state index contributed by atoms with van der Waals surface area (Å²) in [5.41, 5.74) is 9.82. The second-order valence-electron chi connectivity index (χ2n) is 53.4. The van der Waals surface area contributed by atoms with Gasteiger partial charge in [-0.05, 0) is 419 Å². The van der Waals surface area contributed by atoms with Gasteiger partial charge in [0.25, 0.3) is 0 Å². The van der Waals surface area contributed by atoms with Gasteiger partial charge in [0.1, 0.15) is 17.3 Å². The molecule has 2 spiro atoms. The Morgan fingerprint density at radius 3 is 1.50 bits per heavy atom. The lowest BCUT2D eigenvalue weighted by molar-refractivity contribution is -0.148. The number of carbonyl (C=O) groups excluding carboxylic acids is 2. The SMILES string of the molecule is C/C=C1/CCC2C3CC[C@@H]4C[C@@H](O)CC[C@]4(C)C3=CC[C@]12C.CCC1CCC2C3CC[C@@H]4C[C@H](C)CC[C@]4(C)C3=CC(=O)[C@]12C.CCC[C@@H](C)C1CCC2C3CC[C@@H]4C[C@H](C)CC[C@]4(C)C3=C[C@H](O)[C@@]21C.CCC[C@@H](C)C1CCC2C3CC[C@@H]4C[C@H](C)CC[C@]4(C)[C@]34O[C@@H]4C(=O)[C@@]21C.CCC[C@@H](C)C1CCC2C3CC[C@@H]4C[C@H](C)CC[C@]4(C)[C@]34O[C@@H]4C[C@@]21C. The molecule has 2 N–H and O–H groups in total. The molecule has 42 atom stereocenters. The van der Waals surface area contributed by atoms with Crippen molar-refractivity contribution in [1.29, 1.82) is 0 Å². The molecule has 19 fully saturated rings. The second kappa shape index (κ2) is 33.6. The summed E-state index contributed by atoms with van der Waals surface area (Å²) >= 11 is 0. The van der Waals surface area contributed by atoms with Crippen LogP contribution in [-0.4, -0.2) is 57.4 Å². The van der Waals surface area contributed by atoms with Crippen LogP contribution in [0.2, 0.25) is 0 Å². The number of aliphatic hydroxyl groups excluding tert-OH is 2. The van der Waals surface area contributed by atoms with E-state index in [1.807, 2.05) is 0 Å². The molecule has 2 saturated heterocycles. The number of epoxide rings is 2. The molecule has 17 saturated carbocycles. The van der Waals surface area contributed by atoms with Gasteiger partial charge in [-0.15, -0.1) is 0 Å². The van der Waals surface area contributed by atoms with E-state index >= 15 is 0 Å². The van der Waals surface area contributed by atoms with Crippen molar-refractivity contribution >= 4 is 11.6 Å². The van der Waals surface area contributed by atoms with Crippen LogP contribution in [0, 0.1) is 208 Å². The Morgan fingerprint density at radius 1 is 0.435 bits per heavy atom. The Bertz CT molecular complexity index is 4020. The van der Waals surface area contributed by atoms with Gasteiger partial charge in [-0.25, -0.2) is 0 Å². The molecule has 0 bridgehead atoms. The van der Waals surface area contributed by atoms with Crippen LogP contribution in [0.4, 0.5) is 0 Å². The maximum Gasteiger partial charge on any atom is 0.171 e. The van der Waals surface area contributed by atoms with Crippen molar-refractivity contribution < 1.29 is 29.3 Å². The number of rotatable bonds is 10. The van der Waals surface area contributed by atoms with Crippen molar-refractivity contribution in [2.45, 2.75) is 470 Å². The van der Waals surface area contributed by atoms with E-state index in [0.29, 0.717) is 103 Å². The molecular formula is C118H190O6. The summed E-state index contributed by atoms with van der Waals surface area (Å²) in [6.07, 6.45) is 68.8. The fraction of sp³-hybridized carbons (Fsp3) is 0.915. The molecular weight excluding hydrogens is 1510 g/mol. The van der Waals surface area contributed by atoms with Crippen LogP contribution in [0.25, 0.3) is 0 Å². The summed E-state index contributed by atoms with van der Waals surface area (Å²) in [7, 11) is 0. The minimum atomic E-state index is -0.222. The van der Waals surface area contributed by atoms with E-state index in [4.69, 9.17) is 9.47 Å². The maximum absolute atomic E-state index is 13.9. The number of carbonyl (C=O) groups is 2. The summed E-state index contributed by atoms with van der Waals surface area (Å²) in [5, 5.41) is 21.5. The summed E-state index contributed by atoms with van der Waals surface area (Å²) in [6, 6.07) is 0. The molecule has 0 aromatic rings. The Kier molecular flexibility index (Phi) is 25.1. The van der Waals surface area contributed by atoms with Crippen LogP contribution in [0.3, 0.4) is 0 Å². The lowest BCUT2D eigenvalue weighted by Gasteiger charge is -2.59. The van der Waals surface area contributed by atoms with E-state index in [9.17, 15) is 19.8 Å². The van der Waals surface area contributed by atoms with Gasteiger partial charge in [0.15, 0.2) is 11.6 Å². The minimum absolute atomic E-state index is 0.0369. The van der Waals surface area contributed by atoms with Crippen LogP contribution >= 0.6 is 0 Å². The third-order valence-corrected chi connectivity index (χ3v) is 48.4. The van der Waals surface area contributed by atoms with Gasteiger partial charge in [0.2, 0.25) is 0 Å². The number of hydrogen-bond donors (Lipinski definition) is 2. The lowest BCUT2D eigenvalue weighted by atomic mass is 9.43. The molecule has 0 aromatic carbocycles. The molecule has 6 heteroatoms. The summed E-state index contributed by atoms with van der Waals surface area (Å²) < 4.78 is 13.5. The van der Waals surface area contributed by atoms with Gasteiger partial charge >= 0.3 is 0 Å². The van der Waals surface area contributed by atoms with Crippen molar-refractivity contribution in [1.82, 2.24) is 0 Å². The first-order valence-electron chi connectivity index (χ1n) is 55.5. The molecule has 0 amide bonds. The fourth-order valence-corrected chi connectivity index (χ4v) is 41.3. The topological polar surface area (TPSA) is 99.7 Å². The number of fused-ring (bicyclic) bond motifs is 21. The predicted molar refractivity (Wildman–Crippen MR) is 513 cm³/mol. The highest BCUT2D eigenvalue weighted by molar-refractivity contribution is 5.97. The molecule has 698 valence electrons. The number of ether oxygens (including phenoxy) is 2. The van der Waals surface area contributed by atoms with Gasteiger partial charge in [0.05, 0.1) is 18.3 Å². The van der Waals surface area contributed by atoms with Gasteiger partial charge in [0, 0.05) is 27.1 Å². The number of hydrogen-bond acceptors (Lipinski definition) is 6. The molecule has 22 aliphatic rings. The van der Waals surface area contributed by atoms with E-state index in [-0.39, 0.29) is 45.6 Å². The molecule has 20 aliphatic carbocycles. The van der Waals surface area contributed by atoms with Gasteiger partial charge in [-0.3, -0.25) is 9.59 Å². The highest BCUT2D eigenvalue weighted by atomic mass is 16.6. The highest BCUT2D eigenvalue weighted by Crippen LogP contribution is 2.80. The van der Waals surface area contributed by atoms with Crippen molar-refractivity contribution in [3.05, 3.63) is 46.6 Å². The molecule has 22 rings (SSSR count). The maximum atomic E-state index is 13.9. The number of Topliss-reactive ketones (excluding diaryl/α,β-unsaturated/α-hetero) is 1. The lowest BCUT2D eigenvalue weighted by Crippen LogP contribution is -2.63. The predicted octanol–water partition coefficient (Wildman–Crippen LogP) is 30.5. The van der Waals surface area contributed by atoms with E-state index < -0.39 is 0 Å². The first-order chi connectivity index (χ1) is 58.9. The van der Waals surface area contributed by atoms with Crippen LogP contribution in [0.5, 0.6) is 0 Å². The third kappa shape index (κ3) is 13.8. The average molecular weight is 1700 g/mol. The fourth-order valence-electron chi connectivity index (χ4n) is 41.3. The Morgan fingerprint density at radius 2 is 0.903 bits per heavy atom. The first-order valence-corrected chi connectivity index (χ1v) is 55.5. The van der Waals surface area contributed by atoms with Crippen molar-refractivity contribution in [2.75, 3.05) is 0 Å². The van der Waals surface area contributed by atoms with E-state index in [1.165, 1.54) is 270 Å². The summed E-state index contributed by atoms with van der Waals surface area (Å²) in [4.78, 5) is 27.1. The van der Waals surface area contributed by atoms with E-state index in [0.717, 1.165) is 119 Å². The molecule has 124 heavy (non-hydrogen) atoms. The third-order valence-electron chi connectivity index (χ3n) is 48.4. The average Bonchev–Trinajstić information content (AvgIpc) is 1.48. The molecule has 6 nitrogen and oxygen atoms in total.